The number of rotatable bonds is 2. The van der Waals surface area contributed by atoms with Crippen LogP contribution in [0.5, 0.6) is 0 Å². The van der Waals surface area contributed by atoms with Crippen molar-refractivity contribution in [3.8, 4) is 0 Å². The zero-order valence-corrected chi connectivity index (χ0v) is 8.82. The second-order valence-corrected chi connectivity index (χ2v) is 4.36. The number of anilines is 1. The lowest BCUT2D eigenvalue weighted by Gasteiger charge is -2.38. The Morgan fingerprint density at radius 3 is 2.64 bits per heavy atom. The third-order valence-electron chi connectivity index (χ3n) is 3.44. The number of piperidine rings is 1. The molecule has 0 spiro atoms. The molecule has 0 bridgehead atoms. The second kappa shape index (κ2) is 3.55. The molecule has 0 aromatic carbocycles. The Morgan fingerprint density at radius 2 is 2.14 bits per heavy atom. The van der Waals surface area contributed by atoms with Crippen LogP contribution in [0.15, 0.2) is 0 Å². The number of aromatic nitrogens is 4. The first-order valence-electron chi connectivity index (χ1n) is 5.22. The molecule has 1 aromatic rings. The second-order valence-electron chi connectivity index (χ2n) is 4.36. The maximum atomic E-state index is 3.99. The Balaban J connectivity index is 1.97. The smallest absolute Gasteiger partial charge is 0.265 e. The summed E-state index contributed by atoms with van der Waals surface area (Å²) in [7, 11) is 0. The fourth-order valence-corrected chi connectivity index (χ4v) is 1.89. The third-order valence-corrected chi connectivity index (χ3v) is 3.44. The Bertz CT molecular complexity index is 273. The molecule has 1 N–H and O–H groups in total. The minimum Gasteiger partial charge on any atom is -0.338 e. The Kier molecular flexibility index (Phi) is 2.39. The highest BCUT2D eigenvalue weighted by atomic mass is 15.5. The predicted molar refractivity (Wildman–Crippen MR) is 54.0 cm³/mol. The summed E-state index contributed by atoms with van der Waals surface area (Å²) in [6.07, 6.45) is 3.70. The lowest BCUT2D eigenvalue weighted by molar-refractivity contribution is 0.237. The van der Waals surface area contributed by atoms with Crippen LogP contribution in [0.25, 0.3) is 0 Å². The molecule has 78 valence electrons. The summed E-state index contributed by atoms with van der Waals surface area (Å²) in [4.78, 5) is 2.20. The summed E-state index contributed by atoms with van der Waals surface area (Å²) in [5, 5.41) is 14.1. The fraction of sp³-hybridized carbons (Fsp3) is 0.889. The van der Waals surface area contributed by atoms with Crippen molar-refractivity contribution in [1.82, 2.24) is 20.6 Å². The summed E-state index contributed by atoms with van der Waals surface area (Å²) >= 11 is 0. The summed E-state index contributed by atoms with van der Waals surface area (Å²) in [6.45, 7) is 6.72. The zero-order valence-electron chi connectivity index (χ0n) is 8.82. The van der Waals surface area contributed by atoms with Gasteiger partial charge >= 0.3 is 0 Å². The molecule has 2 rings (SSSR count). The first kappa shape index (κ1) is 9.43. The molecule has 0 radical (unpaired) electrons. The van der Waals surface area contributed by atoms with Gasteiger partial charge in [-0.05, 0) is 23.5 Å². The lowest BCUT2D eigenvalue weighted by atomic mass is 9.78. The molecule has 1 saturated heterocycles. The van der Waals surface area contributed by atoms with Gasteiger partial charge in [-0.3, -0.25) is 0 Å². The lowest BCUT2D eigenvalue weighted by Crippen LogP contribution is -2.39. The standard InChI is InChI=1S/C9H17N5/c1-3-9(2)4-6-14(7-5-9)8-10-12-13-11-8/h3-7H2,1-2H3,(H,10,11,12,13). The number of tetrazole rings is 1. The zero-order chi connectivity index (χ0) is 10.0. The number of nitrogens with one attached hydrogen (secondary N) is 1. The van der Waals surface area contributed by atoms with E-state index in [9.17, 15) is 0 Å². The molecule has 0 atom stereocenters. The van der Waals surface area contributed by atoms with Gasteiger partial charge in [0, 0.05) is 13.1 Å². The molecular weight excluding hydrogens is 178 g/mol. The predicted octanol–water partition coefficient (Wildman–Crippen LogP) is 1.22. The van der Waals surface area contributed by atoms with Gasteiger partial charge in [0.1, 0.15) is 0 Å². The molecule has 1 aromatic heterocycles. The van der Waals surface area contributed by atoms with Gasteiger partial charge in [0.2, 0.25) is 0 Å². The monoisotopic (exact) mass is 195 g/mol. The van der Waals surface area contributed by atoms with E-state index in [2.05, 4.69) is 39.4 Å². The van der Waals surface area contributed by atoms with Crippen molar-refractivity contribution >= 4 is 5.95 Å². The van der Waals surface area contributed by atoms with Crippen LogP contribution in [0.2, 0.25) is 0 Å². The average Bonchev–Trinajstić information content (AvgIpc) is 2.72. The van der Waals surface area contributed by atoms with Gasteiger partial charge in [0.25, 0.3) is 5.95 Å². The molecule has 1 fully saturated rings. The van der Waals surface area contributed by atoms with E-state index in [4.69, 9.17) is 0 Å². The minimum atomic E-state index is 0.514. The van der Waals surface area contributed by atoms with Crippen molar-refractivity contribution in [1.29, 1.82) is 0 Å². The van der Waals surface area contributed by atoms with E-state index in [0.29, 0.717) is 5.41 Å². The third kappa shape index (κ3) is 1.71. The van der Waals surface area contributed by atoms with E-state index >= 15 is 0 Å². The molecule has 2 heterocycles. The molecular formula is C9H17N5. The number of nitrogens with zero attached hydrogens (tertiary/aromatic N) is 4. The van der Waals surface area contributed by atoms with Crippen molar-refractivity contribution in [3.63, 3.8) is 0 Å². The minimum absolute atomic E-state index is 0.514. The highest BCUT2D eigenvalue weighted by molar-refractivity contribution is 5.26. The largest absolute Gasteiger partial charge is 0.338 e. The summed E-state index contributed by atoms with van der Waals surface area (Å²) in [5.74, 6) is 0.739. The molecule has 0 aliphatic carbocycles. The van der Waals surface area contributed by atoms with Gasteiger partial charge < -0.3 is 4.90 Å². The van der Waals surface area contributed by atoms with Crippen LogP contribution in [-0.4, -0.2) is 33.7 Å². The Labute approximate surface area is 83.9 Å². The maximum absolute atomic E-state index is 3.99. The number of hydrogen-bond acceptors (Lipinski definition) is 4. The van der Waals surface area contributed by atoms with Gasteiger partial charge in [0.05, 0.1) is 0 Å². The maximum Gasteiger partial charge on any atom is 0.265 e. The van der Waals surface area contributed by atoms with Crippen LogP contribution in [0.3, 0.4) is 0 Å². The molecule has 14 heavy (non-hydrogen) atoms. The van der Waals surface area contributed by atoms with Crippen molar-refractivity contribution in [2.75, 3.05) is 18.0 Å². The van der Waals surface area contributed by atoms with Crippen LogP contribution in [0.4, 0.5) is 5.95 Å². The summed E-state index contributed by atoms with van der Waals surface area (Å²) < 4.78 is 0. The van der Waals surface area contributed by atoms with Crippen molar-refractivity contribution < 1.29 is 0 Å². The molecule has 0 saturated carbocycles. The quantitative estimate of drug-likeness (QED) is 0.770. The summed E-state index contributed by atoms with van der Waals surface area (Å²) in [6, 6.07) is 0. The van der Waals surface area contributed by atoms with Crippen LogP contribution < -0.4 is 4.90 Å². The van der Waals surface area contributed by atoms with E-state index < -0.39 is 0 Å². The van der Waals surface area contributed by atoms with Gasteiger partial charge in [-0.15, -0.1) is 5.10 Å². The molecule has 5 heteroatoms. The molecule has 0 amide bonds. The number of aromatic amines is 1. The Morgan fingerprint density at radius 1 is 1.43 bits per heavy atom. The van der Waals surface area contributed by atoms with Crippen LogP contribution in [0, 0.1) is 5.41 Å². The van der Waals surface area contributed by atoms with Gasteiger partial charge in [-0.1, -0.05) is 25.4 Å². The van der Waals surface area contributed by atoms with E-state index in [1.165, 1.54) is 19.3 Å². The number of H-pyrrole nitrogens is 1. The van der Waals surface area contributed by atoms with Crippen molar-refractivity contribution in [3.05, 3.63) is 0 Å². The normalized spacial score (nSPS) is 21.1. The molecule has 5 nitrogen and oxygen atoms in total. The van der Waals surface area contributed by atoms with Crippen molar-refractivity contribution in [2.24, 2.45) is 5.41 Å². The first-order chi connectivity index (χ1) is 6.73. The van der Waals surface area contributed by atoms with E-state index in [1.54, 1.807) is 0 Å². The molecule has 0 unspecified atom stereocenters. The topological polar surface area (TPSA) is 57.7 Å². The van der Waals surface area contributed by atoms with E-state index in [-0.39, 0.29) is 0 Å². The van der Waals surface area contributed by atoms with Crippen LogP contribution >= 0.6 is 0 Å². The highest BCUT2D eigenvalue weighted by Gasteiger charge is 2.29. The van der Waals surface area contributed by atoms with E-state index in [1.807, 2.05) is 0 Å². The molecule has 1 aliphatic heterocycles. The summed E-state index contributed by atoms with van der Waals surface area (Å²) in [5.41, 5.74) is 0.514. The highest BCUT2D eigenvalue weighted by Crippen LogP contribution is 2.34. The Hall–Kier alpha value is -1.13. The number of hydrogen-bond donors (Lipinski definition) is 1. The SMILES string of the molecule is CCC1(C)CCN(c2nn[nH]n2)CC1. The van der Waals surface area contributed by atoms with Gasteiger partial charge in [0.15, 0.2) is 0 Å². The van der Waals surface area contributed by atoms with Gasteiger partial charge in [-0.25, -0.2) is 0 Å². The first-order valence-corrected chi connectivity index (χ1v) is 5.22. The van der Waals surface area contributed by atoms with Gasteiger partial charge in [-0.2, -0.15) is 5.21 Å². The fourth-order valence-electron chi connectivity index (χ4n) is 1.89. The van der Waals surface area contributed by atoms with Crippen LogP contribution in [-0.2, 0) is 0 Å². The van der Waals surface area contributed by atoms with Crippen molar-refractivity contribution in [2.45, 2.75) is 33.1 Å². The van der Waals surface area contributed by atoms with Crippen LogP contribution in [0.1, 0.15) is 33.1 Å². The molecule has 1 aliphatic rings. The van der Waals surface area contributed by atoms with E-state index in [0.717, 1.165) is 19.0 Å². The average molecular weight is 195 g/mol.